The molecule has 0 saturated carbocycles. The van der Waals surface area contributed by atoms with Gasteiger partial charge in [0, 0.05) is 38.4 Å². The fourth-order valence-corrected chi connectivity index (χ4v) is 7.38. The number of nitrogens with zero attached hydrogens (tertiary/aromatic N) is 3. The number of likely N-dealkylation sites (N-methyl/N-ethyl adjacent to an activating group) is 2. The second kappa shape index (κ2) is 20.4. The number of carbonyl (C=O) groups is 5. The van der Waals surface area contributed by atoms with Crippen LogP contribution >= 0.6 is 11.3 Å². The van der Waals surface area contributed by atoms with Gasteiger partial charge in [0.05, 0.1) is 13.2 Å². The molecule has 7 atom stereocenters. The van der Waals surface area contributed by atoms with Gasteiger partial charge in [-0.15, -0.1) is 11.3 Å². The molecule has 0 bridgehead atoms. The van der Waals surface area contributed by atoms with Crippen molar-refractivity contribution in [1.82, 2.24) is 30.7 Å². The van der Waals surface area contributed by atoms with Crippen LogP contribution in [0.5, 0.6) is 0 Å². The molecule has 1 aromatic carbocycles. The predicted octanol–water partition coefficient (Wildman–Crippen LogP) is 3.74. The van der Waals surface area contributed by atoms with Crippen LogP contribution < -0.4 is 16.0 Å². The lowest BCUT2D eigenvalue weighted by atomic mass is 9.92. The van der Waals surface area contributed by atoms with Gasteiger partial charge in [0.25, 0.3) is 5.91 Å². The van der Waals surface area contributed by atoms with Gasteiger partial charge in [-0.3, -0.25) is 24.1 Å². The zero-order valence-electron chi connectivity index (χ0n) is 32.1. The normalized spacial score (nSPS) is 18.3. The molecule has 0 spiro atoms. The fraction of sp³-hybridized carbons (Fsp3) is 0.632. The average Bonchev–Trinajstić information content (AvgIpc) is 3.63. The van der Waals surface area contributed by atoms with Crippen LogP contribution in [-0.4, -0.2) is 109 Å². The summed E-state index contributed by atoms with van der Waals surface area (Å²) in [5.41, 5.74) is 0.939. The van der Waals surface area contributed by atoms with E-state index in [9.17, 15) is 24.0 Å². The minimum atomic E-state index is -0.993. The van der Waals surface area contributed by atoms with E-state index < -0.39 is 42.0 Å². The third-order valence-electron chi connectivity index (χ3n) is 10.1. The van der Waals surface area contributed by atoms with Crippen molar-refractivity contribution in [3.05, 3.63) is 52.0 Å². The summed E-state index contributed by atoms with van der Waals surface area (Å²) in [5, 5.41) is 10.7. The van der Waals surface area contributed by atoms with E-state index in [-0.39, 0.29) is 47.8 Å². The quantitative estimate of drug-likeness (QED) is 0.194. The topological polar surface area (TPSA) is 159 Å². The zero-order chi connectivity index (χ0) is 38.5. The number of carbonyl (C=O) groups excluding carboxylic acids is 5. The van der Waals surface area contributed by atoms with E-state index in [1.807, 2.05) is 65.1 Å². The van der Waals surface area contributed by atoms with Crippen LogP contribution in [0.25, 0.3) is 0 Å². The highest BCUT2D eigenvalue weighted by atomic mass is 32.1. The van der Waals surface area contributed by atoms with Crippen LogP contribution in [0.4, 0.5) is 0 Å². The first kappa shape index (κ1) is 42.5. The smallest absolute Gasteiger partial charge is 0.328 e. The number of methoxy groups -OCH3 is 2. The number of aromatic nitrogens is 1. The molecule has 3 N–H and O–H groups in total. The summed E-state index contributed by atoms with van der Waals surface area (Å²) in [6.45, 7) is 10.4. The van der Waals surface area contributed by atoms with Gasteiger partial charge in [-0.1, -0.05) is 70.9 Å². The molecule has 14 heteroatoms. The Labute approximate surface area is 312 Å². The van der Waals surface area contributed by atoms with Gasteiger partial charge in [0.2, 0.25) is 17.7 Å². The summed E-state index contributed by atoms with van der Waals surface area (Å²) in [5.74, 6) is -1.99. The number of esters is 1. The van der Waals surface area contributed by atoms with Crippen molar-refractivity contribution in [2.45, 2.75) is 109 Å². The molecule has 0 aliphatic carbocycles. The Morgan fingerprint density at radius 2 is 1.71 bits per heavy atom. The van der Waals surface area contributed by atoms with Crippen LogP contribution in [0.1, 0.15) is 93.9 Å². The molecule has 1 aliphatic heterocycles. The molecule has 4 amide bonds. The summed E-state index contributed by atoms with van der Waals surface area (Å²) < 4.78 is 10.6. The summed E-state index contributed by atoms with van der Waals surface area (Å²) in [4.78, 5) is 74.6. The molecule has 2 heterocycles. The monoisotopic (exact) mass is 742 g/mol. The average molecular weight is 743 g/mol. The Hall–Kier alpha value is -3.88. The number of hydrogen-bond donors (Lipinski definition) is 3. The predicted molar refractivity (Wildman–Crippen MR) is 201 cm³/mol. The molecule has 13 nitrogen and oxygen atoms in total. The molecule has 1 aliphatic rings. The van der Waals surface area contributed by atoms with E-state index >= 15 is 0 Å². The molecule has 288 valence electrons. The summed E-state index contributed by atoms with van der Waals surface area (Å²) >= 11 is 1.26. The Morgan fingerprint density at radius 3 is 2.31 bits per heavy atom. The highest BCUT2D eigenvalue weighted by molar-refractivity contribution is 7.09. The van der Waals surface area contributed by atoms with Gasteiger partial charge in [0.15, 0.2) is 0 Å². The number of hydrogen-bond acceptors (Lipinski definition) is 10. The molecule has 3 rings (SSSR count). The van der Waals surface area contributed by atoms with Crippen molar-refractivity contribution < 1.29 is 33.4 Å². The highest BCUT2D eigenvalue weighted by Crippen LogP contribution is 2.30. The molecule has 1 aromatic heterocycles. The first-order chi connectivity index (χ1) is 24.7. The first-order valence-electron chi connectivity index (χ1n) is 18.2. The second-order valence-electron chi connectivity index (χ2n) is 14.1. The maximum Gasteiger partial charge on any atom is 0.328 e. The van der Waals surface area contributed by atoms with Crippen molar-refractivity contribution in [3.63, 3.8) is 0 Å². The third kappa shape index (κ3) is 11.6. The number of piperidine rings is 1. The van der Waals surface area contributed by atoms with E-state index in [0.29, 0.717) is 11.4 Å². The van der Waals surface area contributed by atoms with Crippen LogP contribution in [0.15, 0.2) is 35.7 Å². The van der Waals surface area contributed by atoms with E-state index in [2.05, 4.69) is 25.8 Å². The largest absolute Gasteiger partial charge is 0.467 e. The van der Waals surface area contributed by atoms with Gasteiger partial charge in [0.1, 0.15) is 34.9 Å². The van der Waals surface area contributed by atoms with Crippen LogP contribution in [-0.2, 0) is 35.1 Å². The van der Waals surface area contributed by atoms with Gasteiger partial charge in [-0.05, 0) is 50.8 Å². The lowest BCUT2D eigenvalue weighted by Crippen LogP contribution is -2.58. The maximum absolute atomic E-state index is 14.1. The number of rotatable bonds is 18. The molecule has 2 aromatic rings. The van der Waals surface area contributed by atoms with Gasteiger partial charge >= 0.3 is 5.97 Å². The number of thiazole rings is 1. The van der Waals surface area contributed by atoms with E-state index in [1.54, 1.807) is 24.4 Å². The van der Waals surface area contributed by atoms with E-state index in [1.165, 1.54) is 25.4 Å². The van der Waals surface area contributed by atoms with Gasteiger partial charge in [-0.25, -0.2) is 9.78 Å². The fourth-order valence-electron chi connectivity index (χ4n) is 6.50. The first-order valence-corrected chi connectivity index (χ1v) is 19.1. The highest BCUT2D eigenvalue weighted by Gasteiger charge is 2.37. The molecular weight excluding hydrogens is 685 g/mol. The minimum Gasteiger partial charge on any atom is -0.467 e. The molecule has 1 saturated heterocycles. The summed E-state index contributed by atoms with van der Waals surface area (Å²) in [7, 11) is 6.53. The zero-order valence-corrected chi connectivity index (χ0v) is 33.0. The molecule has 0 unspecified atom stereocenters. The van der Waals surface area contributed by atoms with E-state index in [4.69, 9.17) is 9.47 Å². The number of ether oxygens (including phenoxy) is 2. The maximum atomic E-state index is 14.1. The van der Waals surface area contributed by atoms with Crippen molar-refractivity contribution in [3.8, 4) is 0 Å². The number of amides is 4. The molecule has 1 fully saturated rings. The Bertz CT molecular complexity index is 1490. The van der Waals surface area contributed by atoms with Gasteiger partial charge < -0.3 is 30.3 Å². The molecular formula is C38H58N6O7S. The van der Waals surface area contributed by atoms with Crippen LogP contribution in [0, 0.1) is 11.8 Å². The number of likely N-dealkylation sites (tertiary alicyclic amines) is 1. The summed E-state index contributed by atoms with van der Waals surface area (Å²) in [6, 6.07) is 6.14. The Balaban J connectivity index is 1.76. The lowest BCUT2D eigenvalue weighted by Gasteiger charge is -2.38. The number of benzene rings is 1. The second-order valence-corrected chi connectivity index (χ2v) is 15.0. The van der Waals surface area contributed by atoms with Gasteiger partial charge in [-0.2, -0.15) is 0 Å². The van der Waals surface area contributed by atoms with E-state index in [0.717, 1.165) is 37.8 Å². The Morgan fingerprint density at radius 1 is 1.02 bits per heavy atom. The number of nitrogens with one attached hydrogen (secondary N) is 3. The third-order valence-corrected chi connectivity index (χ3v) is 11.0. The van der Waals surface area contributed by atoms with Crippen molar-refractivity contribution in [2.24, 2.45) is 11.8 Å². The summed E-state index contributed by atoms with van der Waals surface area (Å²) in [6.07, 6.45) is 3.59. The van der Waals surface area contributed by atoms with Crippen molar-refractivity contribution in [2.75, 3.05) is 34.9 Å². The standard InChI is InChI=1S/C38H58N6O7S/c1-10-24(4)32(42-35(47)29-18-14-15-19-43(29)6)37(48)44(7)30(23(2)3)21-31(50-8)36-41-28(22-52-36)34(46)40-27(20-26-16-12-11-13-17-26)33(45)39-25(5)38(49)51-9/h11-13,16-17,22-25,27,29-32H,10,14-15,18-21H2,1-9H3,(H,39,45)(H,40,46)(H,42,47)/t24-,25-,27-,29+,30+,31+,32-/m0/s1. The molecule has 52 heavy (non-hydrogen) atoms. The molecule has 0 radical (unpaired) electrons. The van der Waals surface area contributed by atoms with Crippen molar-refractivity contribution in [1.29, 1.82) is 0 Å². The lowest BCUT2D eigenvalue weighted by molar-refractivity contribution is -0.144. The van der Waals surface area contributed by atoms with Crippen LogP contribution in [0.2, 0.25) is 0 Å². The van der Waals surface area contributed by atoms with Crippen LogP contribution in [0.3, 0.4) is 0 Å². The Kier molecular flexibility index (Phi) is 16.7. The SMILES string of the molecule is CC[C@H](C)[C@H](NC(=O)[C@H]1CCCCN1C)C(=O)N(C)[C@H](C[C@@H](OC)c1nc(C(=O)N[C@@H](Cc2ccccc2)C(=O)N[C@@H](C)C(=O)OC)cs1)C(C)C. The van der Waals surface area contributed by atoms with Crippen molar-refractivity contribution >= 4 is 40.9 Å². The minimum absolute atomic E-state index is 0.0386.